The van der Waals surface area contributed by atoms with Crippen LogP contribution in [-0.2, 0) is 44.2 Å². The van der Waals surface area contributed by atoms with Crippen molar-refractivity contribution in [1.82, 2.24) is 0 Å². The topological polar surface area (TPSA) is 26.3 Å². The Kier molecular flexibility index (Phi) is 10.2. The Morgan fingerprint density at radius 1 is 0.552 bits per heavy atom. The number of hydrogen-bond acceptors (Lipinski definition) is 2. The molecule has 0 fully saturated rings. The molecule has 2 atom stereocenters. The molecule has 293 valence electrons. The van der Waals surface area contributed by atoms with Crippen molar-refractivity contribution in [1.29, 1.82) is 0 Å². The molecule has 2 unspecified atom stereocenters. The van der Waals surface area contributed by atoms with Crippen molar-refractivity contribution in [2.45, 2.75) is 104 Å². The Morgan fingerprint density at radius 2 is 0.966 bits per heavy atom. The fourth-order valence-corrected chi connectivity index (χ4v) is 26.3. The predicted octanol–water partition coefficient (Wildman–Crippen LogP) is 14.7. The van der Waals surface area contributed by atoms with Crippen LogP contribution in [0.5, 0.6) is 0 Å². The average molecular weight is 898 g/mol. The second-order valence-electron chi connectivity index (χ2n) is 17.8. The molecule has 10 rings (SSSR count). The third-order valence-corrected chi connectivity index (χ3v) is 35.1. The summed E-state index contributed by atoms with van der Waals surface area (Å²) in [6.45, 7) is 13.0. The molecular formula is C52H51Cl2O2SiZr. The number of halogens is 2. The van der Waals surface area contributed by atoms with Crippen LogP contribution in [0.3, 0.4) is 0 Å². The number of furan rings is 2. The Morgan fingerprint density at radius 3 is 1.33 bits per heavy atom. The van der Waals surface area contributed by atoms with Gasteiger partial charge in [0.05, 0.1) is 0 Å². The van der Waals surface area contributed by atoms with E-state index in [2.05, 4.69) is 126 Å². The summed E-state index contributed by atoms with van der Waals surface area (Å²) in [6.07, 6.45) is 11.9. The molecule has 2 aromatic heterocycles. The van der Waals surface area contributed by atoms with E-state index in [1.807, 2.05) is 0 Å². The van der Waals surface area contributed by atoms with Gasteiger partial charge in [-0.15, -0.1) is 0 Å². The Bertz CT molecular complexity index is 2490. The molecule has 2 heterocycles. The van der Waals surface area contributed by atoms with E-state index in [9.17, 15) is 0 Å². The summed E-state index contributed by atoms with van der Waals surface area (Å²) in [5, 5.41) is 0. The van der Waals surface area contributed by atoms with Gasteiger partial charge in [0.25, 0.3) is 0 Å². The van der Waals surface area contributed by atoms with E-state index >= 15 is 0 Å². The second kappa shape index (κ2) is 15.3. The minimum absolute atomic E-state index is 0.200. The summed E-state index contributed by atoms with van der Waals surface area (Å²) in [4.78, 5) is 0. The van der Waals surface area contributed by atoms with Gasteiger partial charge in [0.15, 0.2) is 0 Å². The van der Waals surface area contributed by atoms with Crippen LogP contribution in [-0.4, -0.2) is 5.92 Å². The molecular weight excluding hydrogens is 847 g/mol. The van der Waals surface area contributed by atoms with Gasteiger partial charge in [0, 0.05) is 0 Å². The minimum atomic E-state index is -2.79. The van der Waals surface area contributed by atoms with E-state index in [1.165, 1.54) is 113 Å². The van der Waals surface area contributed by atoms with Crippen molar-refractivity contribution in [3.8, 4) is 22.3 Å². The third kappa shape index (κ3) is 6.89. The van der Waals surface area contributed by atoms with Crippen LogP contribution in [0, 0.1) is 41.5 Å². The fourth-order valence-electron chi connectivity index (χ4n) is 11.2. The number of benzene rings is 4. The van der Waals surface area contributed by atoms with Crippen LogP contribution < -0.4 is 0 Å². The first-order valence-corrected chi connectivity index (χ1v) is 34.1. The molecule has 0 spiro atoms. The maximum absolute atomic E-state index is 7.50. The van der Waals surface area contributed by atoms with E-state index < -0.39 is 24.4 Å². The summed E-state index contributed by atoms with van der Waals surface area (Å²) in [6, 6.07) is 30.0. The molecule has 0 saturated heterocycles. The van der Waals surface area contributed by atoms with E-state index in [4.69, 9.17) is 25.9 Å². The van der Waals surface area contributed by atoms with Gasteiger partial charge >= 0.3 is 362 Å². The zero-order valence-electron chi connectivity index (χ0n) is 34.5. The summed E-state index contributed by atoms with van der Waals surface area (Å²) >= 11 is -2.79. The number of rotatable bonds is 9. The molecule has 58 heavy (non-hydrogen) atoms. The van der Waals surface area contributed by atoms with E-state index in [1.54, 1.807) is 0 Å². The summed E-state index contributed by atoms with van der Waals surface area (Å²) in [5.74, 6) is 2.53. The first-order valence-electron chi connectivity index (χ1n) is 21.3. The molecule has 0 amide bonds. The average Bonchev–Trinajstić information content (AvgIpc) is 4.03. The van der Waals surface area contributed by atoms with Crippen molar-refractivity contribution in [3.63, 3.8) is 0 Å². The van der Waals surface area contributed by atoms with Gasteiger partial charge in [-0.05, 0) is 0 Å². The normalized spacial score (nSPS) is 18.2. The van der Waals surface area contributed by atoms with Crippen molar-refractivity contribution >= 4 is 46.2 Å². The molecule has 2 nitrogen and oxygen atoms in total. The molecule has 0 N–H and O–H groups in total. The van der Waals surface area contributed by atoms with Gasteiger partial charge in [-0.1, -0.05) is 0 Å². The number of allylic oxidation sites excluding steroid dienone is 2. The summed E-state index contributed by atoms with van der Waals surface area (Å²) < 4.78 is 13.0. The van der Waals surface area contributed by atoms with Crippen LogP contribution in [0.25, 0.3) is 45.6 Å². The first kappa shape index (κ1) is 38.8. The molecule has 4 aliphatic rings. The molecule has 0 saturated carbocycles. The maximum atomic E-state index is 7.50. The van der Waals surface area contributed by atoms with E-state index in [-0.39, 0.29) is 11.8 Å². The number of hydrogen-bond donors (Lipinski definition) is 0. The van der Waals surface area contributed by atoms with Crippen LogP contribution in [0.15, 0.2) is 81.6 Å². The van der Waals surface area contributed by atoms with Crippen molar-refractivity contribution in [2.24, 2.45) is 0 Å². The second-order valence-corrected chi connectivity index (χ2v) is 41.3. The van der Waals surface area contributed by atoms with Crippen molar-refractivity contribution in [3.05, 3.63) is 163 Å². The van der Waals surface area contributed by atoms with Crippen molar-refractivity contribution in [2.75, 3.05) is 0 Å². The van der Waals surface area contributed by atoms with Gasteiger partial charge in [0.1, 0.15) is 0 Å². The molecule has 6 heteroatoms. The standard InChI is InChI=1S/C52H51O2Si.2ClH.Zr/c1-29-17-30(2)20-37(19-29)51-39-11-7-9-35(39)23-41-45(51)25-43(49-15-13-33(5)53-49)47(41)27-55-28-48-42-24-36-10-8-12-40(36)52(38-21-31(3)18-32(4)22-38)46(42)26-44(48)50-16-14-34(6)54-50;;;/h13-26,47-48,55H,7-12,27-28H2,1-6H3;2*1H;/q;;;+2/p-2. The Balaban J connectivity index is 1.11. The van der Waals surface area contributed by atoms with Gasteiger partial charge in [-0.3, -0.25) is 0 Å². The van der Waals surface area contributed by atoms with Crippen LogP contribution in [0.1, 0.15) is 114 Å². The molecule has 0 radical (unpaired) electrons. The fraction of sp³-hybridized carbons (Fsp3) is 0.308. The van der Waals surface area contributed by atoms with E-state index in [0.717, 1.165) is 60.8 Å². The summed E-state index contributed by atoms with van der Waals surface area (Å²) in [5.41, 5.74) is 25.2. The molecule has 6 aromatic rings. The summed E-state index contributed by atoms with van der Waals surface area (Å²) in [7, 11) is 15.0. The zero-order chi connectivity index (χ0) is 40.0. The van der Waals surface area contributed by atoms with Gasteiger partial charge in [0.2, 0.25) is 0 Å². The molecule has 4 aliphatic carbocycles. The van der Waals surface area contributed by atoms with Crippen molar-refractivity contribution < 1.29 is 27.4 Å². The monoisotopic (exact) mass is 895 g/mol. The Labute approximate surface area is 359 Å². The van der Waals surface area contributed by atoms with Gasteiger partial charge < -0.3 is 0 Å². The van der Waals surface area contributed by atoms with Gasteiger partial charge in [-0.2, -0.15) is 0 Å². The van der Waals surface area contributed by atoms with Crippen LogP contribution >= 0.6 is 17.0 Å². The number of aryl methyl sites for hydroxylation is 8. The van der Waals surface area contributed by atoms with E-state index in [0.29, 0.717) is 0 Å². The first-order chi connectivity index (χ1) is 28.0. The SMILES string of the molecule is Cc1cc(C)cc(-c2c3c(cc4c2CCC4)C(C[SiH](CC2C(c4ccc(C)o4)=Cc4c2cc2c(c4-c4cc(C)cc(C)c4)CCC2)[Zr]([Cl])[Cl])C(c2ccc(C)o2)=C3)c1. The molecule has 0 aliphatic heterocycles. The Hall–Kier alpha value is -3.40. The van der Waals surface area contributed by atoms with Crippen LogP contribution in [0.4, 0.5) is 0 Å². The molecule has 4 aromatic carbocycles. The van der Waals surface area contributed by atoms with Crippen LogP contribution in [0.2, 0.25) is 12.1 Å². The predicted molar refractivity (Wildman–Crippen MR) is 243 cm³/mol. The number of fused-ring (bicyclic) bond motifs is 4. The zero-order valence-corrected chi connectivity index (χ0v) is 39.7. The third-order valence-electron chi connectivity index (χ3n) is 13.5. The van der Waals surface area contributed by atoms with Gasteiger partial charge in [-0.25, -0.2) is 0 Å². The molecule has 0 bridgehead atoms. The quantitative estimate of drug-likeness (QED) is 0.135.